The van der Waals surface area contributed by atoms with E-state index in [0.29, 0.717) is 39.3 Å². The summed E-state index contributed by atoms with van der Waals surface area (Å²) in [6.45, 7) is 0. The number of ketones is 1. The van der Waals surface area contributed by atoms with Crippen molar-refractivity contribution in [1.82, 2.24) is 0 Å². The molecular formula is C27H22FN3O4S. The molecule has 0 fully saturated rings. The average molecular weight is 504 g/mol. The summed E-state index contributed by atoms with van der Waals surface area (Å²) in [7, 11) is -3.93. The predicted molar refractivity (Wildman–Crippen MR) is 135 cm³/mol. The molecule has 9 heteroatoms. The lowest BCUT2D eigenvalue weighted by molar-refractivity contribution is 0.0992. The Hall–Kier alpha value is -4.34. The van der Waals surface area contributed by atoms with Gasteiger partial charge in [-0.2, -0.15) is 0 Å². The number of benzene rings is 4. The van der Waals surface area contributed by atoms with Crippen molar-refractivity contribution in [3.63, 3.8) is 0 Å². The Balaban J connectivity index is 1.58. The summed E-state index contributed by atoms with van der Waals surface area (Å²) in [5.74, 6) is -0.234. The van der Waals surface area contributed by atoms with E-state index in [-0.39, 0.29) is 22.9 Å². The Morgan fingerprint density at radius 1 is 0.889 bits per heavy atom. The summed E-state index contributed by atoms with van der Waals surface area (Å²) >= 11 is 0. The molecule has 5 N–H and O–H groups in total. The molecule has 7 nitrogen and oxygen atoms in total. The van der Waals surface area contributed by atoms with Crippen LogP contribution in [0.5, 0.6) is 11.5 Å². The molecule has 4 rings (SSSR count). The molecule has 36 heavy (non-hydrogen) atoms. The summed E-state index contributed by atoms with van der Waals surface area (Å²) in [4.78, 5) is 13.0. The van der Waals surface area contributed by atoms with Gasteiger partial charge in [0.05, 0.1) is 4.90 Å². The van der Waals surface area contributed by atoms with Crippen molar-refractivity contribution in [3.8, 4) is 22.6 Å². The second-order valence-electron chi connectivity index (χ2n) is 8.01. The number of carbonyl (C=O) groups is 1. The molecule has 0 unspecified atom stereocenters. The standard InChI is InChI=1S/C27H22FN3O4S/c28-21-12-13-25(35-22-5-3-4-19(15-22)27(29)30)20(14-21)16-24(32)18-10-8-17(9-11-18)23-6-1-2-7-26(23)36(31,33)34/h1-15H,16H2,(H3,29,30)(H2,31,33,34). The van der Waals surface area contributed by atoms with Gasteiger partial charge in [0, 0.05) is 28.7 Å². The number of nitrogen functional groups attached to an aromatic ring is 1. The minimum Gasteiger partial charge on any atom is -0.457 e. The van der Waals surface area contributed by atoms with Crippen molar-refractivity contribution in [2.24, 2.45) is 10.9 Å². The van der Waals surface area contributed by atoms with Gasteiger partial charge in [0.1, 0.15) is 23.2 Å². The average Bonchev–Trinajstić information content (AvgIpc) is 2.85. The fourth-order valence-corrected chi connectivity index (χ4v) is 4.46. The van der Waals surface area contributed by atoms with Crippen molar-refractivity contribution in [2.45, 2.75) is 11.3 Å². The first-order valence-corrected chi connectivity index (χ1v) is 12.3. The van der Waals surface area contributed by atoms with Gasteiger partial charge < -0.3 is 10.5 Å². The quantitative estimate of drug-likeness (QED) is 0.183. The third kappa shape index (κ3) is 5.65. The lowest BCUT2D eigenvalue weighted by Gasteiger charge is -2.12. The highest BCUT2D eigenvalue weighted by Crippen LogP contribution is 2.29. The lowest BCUT2D eigenvalue weighted by Crippen LogP contribution is -2.13. The van der Waals surface area contributed by atoms with Gasteiger partial charge in [-0.15, -0.1) is 0 Å². The first kappa shape index (κ1) is 24.8. The van der Waals surface area contributed by atoms with Gasteiger partial charge in [-0.05, 0) is 42.0 Å². The summed E-state index contributed by atoms with van der Waals surface area (Å²) in [6, 6.07) is 23.2. The number of ether oxygens (including phenoxy) is 1. The third-order valence-electron chi connectivity index (χ3n) is 5.46. The van der Waals surface area contributed by atoms with E-state index in [9.17, 15) is 17.6 Å². The van der Waals surface area contributed by atoms with Gasteiger partial charge >= 0.3 is 0 Å². The van der Waals surface area contributed by atoms with Crippen molar-refractivity contribution in [2.75, 3.05) is 0 Å². The number of carbonyl (C=O) groups excluding carboxylic acids is 1. The molecule has 0 radical (unpaired) electrons. The molecule has 0 amide bonds. The Morgan fingerprint density at radius 2 is 1.61 bits per heavy atom. The number of primary sulfonamides is 1. The third-order valence-corrected chi connectivity index (χ3v) is 6.43. The van der Waals surface area contributed by atoms with Gasteiger partial charge in [0.25, 0.3) is 0 Å². The van der Waals surface area contributed by atoms with E-state index in [4.69, 9.17) is 21.0 Å². The molecule has 0 spiro atoms. The van der Waals surface area contributed by atoms with E-state index < -0.39 is 15.8 Å². The summed E-state index contributed by atoms with van der Waals surface area (Å²) in [5.41, 5.74) is 7.71. The van der Waals surface area contributed by atoms with Crippen LogP contribution < -0.4 is 15.6 Å². The van der Waals surface area contributed by atoms with Crippen LogP contribution >= 0.6 is 0 Å². The molecule has 0 atom stereocenters. The van der Waals surface area contributed by atoms with Gasteiger partial charge in [0.2, 0.25) is 10.0 Å². The smallest absolute Gasteiger partial charge is 0.238 e. The predicted octanol–water partition coefficient (Wildman–Crippen LogP) is 4.64. The molecule has 4 aromatic carbocycles. The van der Waals surface area contributed by atoms with E-state index >= 15 is 0 Å². The molecule has 0 aliphatic heterocycles. The number of sulfonamides is 1. The van der Waals surface area contributed by atoms with Crippen LogP contribution in [-0.2, 0) is 16.4 Å². The van der Waals surface area contributed by atoms with Crippen LogP contribution in [0.3, 0.4) is 0 Å². The normalized spacial score (nSPS) is 11.2. The minimum absolute atomic E-state index is 0.0144. The molecule has 182 valence electrons. The van der Waals surface area contributed by atoms with Crippen LogP contribution in [0.15, 0.2) is 95.9 Å². The van der Waals surface area contributed by atoms with Crippen LogP contribution in [0.25, 0.3) is 11.1 Å². The number of hydrogen-bond donors (Lipinski definition) is 3. The molecule has 0 bridgehead atoms. The lowest BCUT2D eigenvalue weighted by atomic mass is 9.99. The second-order valence-corrected chi connectivity index (χ2v) is 9.54. The summed E-state index contributed by atoms with van der Waals surface area (Å²) in [5, 5.41) is 12.9. The Kier molecular flexibility index (Phi) is 6.96. The maximum atomic E-state index is 14.0. The fraction of sp³-hybridized carbons (Fsp3) is 0.0370. The van der Waals surface area contributed by atoms with Crippen molar-refractivity contribution < 1.29 is 22.3 Å². The minimum atomic E-state index is -3.93. The van der Waals surface area contributed by atoms with E-state index in [0.717, 1.165) is 0 Å². The van der Waals surface area contributed by atoms with E-state index in [1.807, 2.05) is 0 Å². The van der Waals surface area contributed by atoms with Crippen molar-refractivity contribution in [3.05, 3.63) is 114 Å². The highest BCUT2D eigenvalue weighted by Gasteiger charge is 2.17. The number of rotatable bonds is 8. The van der Waals surface area contributed by atoms with Crippen LogP contribution in [0, 0.1) is 11.2 Å². The van der Waals surface area contributed by atoms with Gasteiger partial charge in [-0.3, -0.25) is 10.2 Å². The molecule has 0 aromatic heterocycles. The number of halogens is 1. The summed E-state index contributed by atoms with van der Waals surface area (Å²) < 4.78 is 43.7. The maximum Gasteiger partial charge on any atom is 0.238 e. The Morgan fingerprint density at radius 3 is 2.31 bits per heavy atom. The number of hydrogen-bond acceptors (Lipinski definition) is 5. The highest BCUT2D eigenvalue weighted by molar-refractivity contribution is 7.89. The zero-order chi connectivity index (χ0) is 25.9. The molecule has 4 aromatic rings. The molecule has 0 aliphatic rings. The largest absolute Gasteiger partial charge is 0.457 e. The monoisotopic (exact) mass is 503 g/mol. The topological polar surface area (TPSA) is 136 Å². The first-order valence-electron chi connectivity index (χ1n) is 10.8. The second kappa shape index (κ2) is 10.1. The molecule has 0 heterocycles. The van der Waals surface area contributed by atoms with Crippen molar-refractivity contribution >= 4 is 21.6 Å². The fourth-order valence-electron chi connectivity index (χ4n) is 3.70. The Bertz CT molecular complexity index is 1570. The van der Waals surface area contributed by atoms with Crippen LogP contribution in [-0.4, -0.2) is 20.0 Å². The number of amidine groups is 1. The van der Waals surface area contributed by atoms with E-state index in [1.54, 1.807) is 66.7 Å². The number of nitrogens with two attached hydrogens (primary N) is 2. The zero-order valence-corrected chi connectivity index (χ0v) is 19.8. The van der Waals surface area contributed by atoms with Gasteiger partial charge in [0.15, 0.2) is 5.78 Å². The Labute approximate surface area is 207 Å². The summed E-state index contributed by atoms with van der Waals surface area (Å²) in [6.07, 6.45) is -0.132. The van der Waals surface area contributed by atoms with Crippen LogP contribution in [0.4, 0.5) is 4.39 Å². The van der Waals surface area contributed by atoms with Crippen LogP contribution in [0.1, 0.15) is 21.5 Å². The molecule has 0 saturated carbocycles. The van der Waals surface area contributed by atoms with E-state index in [2.05, 4.69) is 0 Å². The molecule has 0 aliphatic carbocycles. The van der Waals surface area contributed by atoms with Crippen molar-refractivity contribution in [1.29, 1.82) is 5.41 Å². The van der Waals surface area contributed by atoms with Gasteiger partial charge in [-0.25, -0.2) is 17.9 Å². The highest BCUT2D eigenvalue weighted by atomic mass is 32.2. The number of Topliss-reactive ketones (excluding diaryl/α,β-unsaturated/α-hetero) is 1. The molecular weight excluding hydrogens is 481 g/mol. The SMILES string of the molecule is N=C(N)c1cccc(Oc2ccc(F)cc2CC(=O)c2ccc(-c3ccccc3S(N)(=O)=O)cc2)c1. The molecule has 0 saturated heterocycles. The first-order chi connectivity index (χ1) is 17.1. The van der Waals surface area contributed by atoms with Crippen LogP contribution in [0.2, 0.25) is 0 Å². The number of nitrogens with one attached hydrogen (secondary N) is 1. The maximum absolute atomic E-state index is 14.0. The van der Waals surface area contributed by atoms with E-state index in [1.165, 1.54) is 24.3 Å². The zero-order valence-electron chi connectivity index (χ0n) is 18.9. The van der Waals surface area contributed by atoms with Gasteiger partial charge in [-0.1, -0.05) is 54.6 Å².